The summed E-state index contributed by atoms with van der Waals surface area (Å²) in [6.07, 6.45) is -0.921. The summed E-state index contributed by atoms with van der Waals surface area (Å²) in [5.41, 5.74) is 2.55. The predicted molar refractivity (Wildman–Crippen MR) is 112 cm³/mol. The second-order valence-electron chi connectivity index (χ2n) is 6.29. The van der Waals surface area contributed by atoms with Gasteiger partial charge in [-0.2, -0.15) is 0 Å². The molecular formula is C22H19Cl2NO3. The summed E-state index contributed by atoms with van der Waals surface area (Å²) in [6.45, 7) is 1.69. The van der Waals surface area contributed by atoms with Crippen LogP contribution < -0.4 is 10.1 Å². The van der Waals surface area contributed by atoms with Crippen molar-refractivity contribution in [3.8, 4) is 5.75 Å². The van der Waals surface area contributed by atoms with Gasteiger partial charge in [0.15, 0.2) is 6.61 Å². The third kappa shape index (κ3) is 5.04. The molecule has 4 nitrogen and oxygen atoms in total. The molecular weight excluding hydrogens is 397 g/mol. The first kappa shape index (κ1) is 20.2. The Bertz CT molecular complexity index is 977. The Labute approximate surface area is 173 Å². The summed E-state index contributed by atoms with van der Waals surface area (Å²) in [4.78, 5) is 12.4. The number of aryl methyl sites for hydroxylation is 1. The maximum atomic E-state index is 12.4. The highest BCUT2D eigenvalue weighted by Gasteiger charge is 2.17. The molecule has 0 radical (unpaired) electrons. The first-order valence-electron chi connectivity index (χ1n) is 8.65. The zero-order valence-corrected chi connectivity index (χ0v) is 16.7. The monoisotopic (exact) mass is 415 g/mol. The second kappa shape index (κ2) is 9.11. The molecule has 28 heavy (non-hydrogen) atoms. The quantitative estimate of drug-likeness (QED) is 0.566. The topological polar surface area (TPSA) is 58.6 Å². The van der Waals surface area contributed by atoms with Gasteiger partial charge >= 0.3 is 0 Å². The number of halogens is 2. The van der Waals surface area contributed by atoms with E-state index < -0.39 is 6.10 Å². The van der Waals surface area contributed by atoms with Crippen LogP contribution in [0.2, 0.25) is 10.0 Å². The van der Waals surface area contributed by atoms with Crippen molar-refractivity contribution < 1.29 is 14.6 Å². The predicted octanol–water partition coefficient (Wildman–Crippen LogP) is 5.40. The molecule has 1 amide bonds. The number of carbonyl (C=O) groups is 1. The number of aliphatic hydroxyl groups excluding tert-OH is 1. The second-order valence-corrected chi connectivity index (χ2v) is 7.14. The van der Waals surface area contributed by atoms with Gasteiger partial charge in [0.05, 0.1) is 0 Å². The maximum absolute atomic E-state index is 12.4. The average molecular weight is 416 g/mol. The van der Waals surface area contributed by atoms with Crippen LogP contribution in [0.3, 0.4) is 0 Å². The van der Waals surface area contributed by atoms with E-state index in [-0.39, 0.29) is 12.5 Å². The van der Waals surface area contributed by atoms with Gasteiger partial charge in [-0.25, -0.2) is 0 Å². The van der Waals surface area contributed by atoms with Gasteiger partial charge in [0.1, 0.15) is 11.9 Å². The van der Waals surface area contributed by atoms with E-state index in [4.69, 9.17) is 27.9 Å². The van der Waals surface area contributed by atoms with Crippen molar-refractivity contribution >= 4 is 34.8 Å². The molecule has 0 spiro atoms. The van der Waals surface area contributed by atoms with Crippen LogP contribution in [-0.4, -0.2) is 17.6 Å². The number of hydrogen-bond acceptors (Lipinski definition) is 3. The number of aliphatic hydroxyl groups is 1. The van der Waals surface area contributed by atoms with E-state index in [9.17, 15) is 9.90 Å². The largest absolute Gasteiger partial charge is 0.484 e. The lowest BCUT2D eigenvalue weighted by atomic mass is 10.00. The maximum Gasteiger partial charge on any atom is 0.262 e. The van der Waals surface area contributed by atoms with Crippen LogP contribution in [-0.2, 0) is 4.79 Å². The molecule has 0 aromatic heterocycles. The molecule has 0 aliphatic carbocycles. The van der Waals surface area contributed by atoms with E-state index >= 15 is 0 Å². The zero-order chi connectivity index (χ0) is 20.1. The summed E-state index contributed by atoms with van der Waals surface area (Å²) in [5.74, 6) is 0.203. The number of hydrogen-bond donors (Lipinski definition) is 2. The minimum atomic E-state index is -0.921. The number of amides is 1. The minimum Gasteiger partial charge on any atom is -0.484 e. The Morgan fingerprint density at radius 1 is 1.07 bits per heavy atom. The van der Waals surface area contributed by atoms with Gasteiger partial charge in [-0.05, 0) is 54.4 Å². The fourth-order valence-electron chi connectivity index (χ4n) is 2.73. The molecule has 2 N–H and O–H groups in total. The molecule has 0 heterocycles. The number of ether oxygens (including phenoxy) is 1. The highest BCUT2D eigenvalue weighted by Crippen LogP contribution is 2.31. The van der Waals surface area contributed by atoms with E-state index in [1.54, 1.807) is 36.4 Å². The van der Waals surface area contributed by atoms with Crippen LogP contribution in [0.1, 0.15) is 22.8 Å². The number of rotatable bonds is 6. The van der Waals surface area contributed by atoms with E-state index in [0.717, 1.165) is 5.56 Å². The molecule has 144 valence electrons. The van der Waals surface area contributed by atoms with Gasteiger partial charge in [-0.3, -0.25) is 4.79 Å². The van der Waals surface area contributed by atoms with Crippen molar-refractivity contribution in [2.75, 3.05) is 11.9 Å². The van der Waals surface area contributed by atoms with Crippen LogP contribution in [0, 0.1) is 6.92 Å². The number of carbonyl (C=O) groups excluding carboxylic acids is 1. The van der Waals surface area contributed by atoms with Gasteiger partial charge < -0.3 is 15.2 Å². The number of anilines is 1. The van der Waals surface area contributed by atoms with E-state index in [2.05, 4.69) is 5.32 Å². The van der Waals surface area contributed by atoms with Crippen molar-refractivity contribution in [1.82, 2.24) is 0 Å². The van der Waals surface area contributed by atoms with Crippen molar-refractivity contribution in [2.45, 2.75) is 13.0 Å². The third-order valence-electron chi connectivity index (χ3n) is 4.20. The zero-order valence-electron chi connectivity index (χ0n) is 15.2. The molecule has 1 atom stereocenters. The number of nitrogens with one attached hydrogen (secondary N) is 1. The van der Waals surface area contributed by atoms with Crippen LogP contribution >= 0.6 is 23.2 Å². The van der Waals surface area contributed by atoms with Gasteiger partial charge in [0, 0.05) is 21.3 Å². The van der Waals surface area contributed by atoms with Crippen LogP contribution in [0.5, 0.6) is 5.75 Å². The average Bonchev–Trinajstić information content (AvgIpc) is 2.70. The Morgan fingerprint density at radius 2 is 1.82 bits per heavy atom. The summed E-state index contributed by atoms with van der Waals surface area (Å²) in [5, 5.41) is 14.6. The van der Waals surface area contributed by atoms with Crippen LogP contribution in [0.15, 0.2) is 66.7 Å². The van der Waals surface area contributed by atoms with Crippen molar-refractivity contribution in [3.63, 3.8) is 0 Å². The van der Waals surface area contributed by atoms with Gasteiger partial charge in [-0.1, -0.05) is 53.5 Å². The van der Waals surface area contributed by atoms with E-state index in [1.807, 2.05) is 37.3 Å². The molecule has 0 unspecified atom stereocenters. The lowest BCUT2D eigenvalue weighted by Crippen LogP contribution is -2.21. The summed E-state index contributed by atoms with van der Waals surface area (Å²) >= 11 is 12.1. The Hall–Kier alpha value is -2.53. The normalized spacial score (nSPS) is 11.7. The first-order chi connectivity index (χ1) is 13.4. The highest BCUT2D eigenvalue weighted by atomic mass is 35.5. The molecule has 3 rings (SSSR count). The standard InChI is InChI=1S/C22H19Cl2NO3/c1-14-11-17(8-9-19(14)24)28-13-21(26)25-20-10-7-16(23)12-18(20)22(27)15-5-3-2-4-6-15/h2-12,22,27H,13H2,1H3,(H,25,26)/t22-/m0/s1. The van der Waals surface area contributed by atoms with Crippen molar-refractivity contribution in [2.24, 2.45) is 0 Å². The first-order valence-corrected chi connectivity index (χ1v) is 9.41. The Kier molecular flexibility index (Phi) is 6.57. The molecule has 0 bridgehead atoms. The third-order valence-corrected chi connectivity index (χ3v) is 4.86. The number of benzene rings is 3. The van der Waals surface area contributed by atoms with Gasteiger partial charge in [0.2, 0.25) is 0 Å². The highest BCUT2D eigenvalue weighted by molar-refractivity contribution is 6.31. The summed E-state index contributed by atoms with van der Waals surface area (Å²) < 4.78 is 5.53. The summed E-state index contributed by atoms with van der Waals surface area (Å²) in [6, 6.07) is 19.3. The molecule has 6 heteroatoms. The van der Waals surface area contributed by atoms with E-state index in [0.29, 0.717) is 32.6 Å². The molecule has 0 aliphatic heterocycles. The fraction of sp³-hybridized carbons (Fsp3) is 0.136. The van der Waals surface area contributed by atoms with Crippen LogP contribution in [0.25, 0.3) is 0 Å². The van der Waals surface area contributed by atoms with Crippen LogP contribution in [0.4, 0.5) is 5.69 Å². The SMILES string of the molecule is Cc1cc(OCC(=O)Nc2ccc(Cl)cc2[C@@H](O)c2ccccc2)ccc1Cl. The van der Waals surface area contributed by atoms with Crippen molar-refractivity contribution in [1.29, 1.82) is 0 Å². The Balaban J connectivity index is 1.72. The lowest BCUT2D eigenvalue weighted by molar-refractivity contribution is -0.118. The minimum absolute atomic E-state index is 0.176. The van der Waals surface area contributed by atoms with E-state index in [1.165, 1.54) is 0 Å². The molecule has 3 aromatic carbocycles. The Morgan fingerprint density at radius 3 is 2.54 bits per heavy atom. The summed E-state index contributed by atoms with van der Waals surface area (Å²) in [7, 11) is 0. The smallest absolute Gasteiger partial charge is 0.262 e. The molecule has 0 saturated heterocycles. The molecule has 0 aliphatic rings. The van der Waals surface area contributed by atoms with Gasteiger partial charge in [0.25, 0.3) is 5.91 Å². The fourth-order valence-corrected chi connectivity index (χ4v) is 3.03. The lowest BCUT2D eigenvalue weighted by Gasteiger charge is -2.17. The van der Waals surface area contributed by atoms with Crippen molar-refractivity contribution in [3.05, 3.63) is 93.5 Å². The molecule has 3 aromatic rings. The van der Waals surface area contributed by atoms with Gasteiger partial charge in [-0.15, -0.1) is 0 Å². The molecule has 0 fully saturated rings. The molecule has 0 saturated carbocycles.